The summed E-state index contributed by atoms with van der Waals surface area (Å²) in [4.78, 5) is 16.4. The number of nitrogens with zero attached hydrogens (tertiary/aromatic N) is 1. The minimum atomic E-state index is -0.340. The summed E-state index contributed by atoms with van der Waals surface area (Å²) in [5.41, 5.74) is 3.07. The Hall–Kier alpha value is -1.72. The molecule has 1 atom stereocenters. The molecule has 22 heavy (non-hydrogen) atoms. The van der Waals surface area contributed by atoms with Gasteiger partial charge in [0, 0.05) is 17.5 Å². The van der Waals surface area contributed by atoms with E-state index >= 15 is 0 Å². The summed E-state index contributed by atoms with van der Waals surface area (Å²) in [5.74, 6) is -0.0515. The van der Waals surface area contributed by atoms with Crippen molar-refractivity contribution in [2.75, 3.05) is 6.54 Å². The molecule has 0 aliphatic heterocycles. The van der Waals surface area contributed by atoms with Crippen LogP contribution in [0.25, 0.3) is 10.6 Å². The maximum atomic E-state index is 11.9. The highest BCUT2D eigenvalue weighted by Crippen LogP contribution is 2.24. The standard InChI is InChI=1S/C17H22N2O2S/c1-3-15(20)7-8-18-16(21)10-14-11-22-17(19-14)13-6-4-5-12(2)9-13/h4-6,9,11,15,20H,3,7-8,10H2,1-2H3,(H,18,21). The van der Waals surface area contributed by atoms with Crippen LogP contribution in [0.2, 0.25) is 0 Å². The molecule has 4 nitrogen and oxygen atoms in total. The first-order chi connectivity index (χ1) is 10.6. The van der Waals surface area contributed by atoms with E-state index in [1.54, 1.807) is 11.3 Å². The van der Waals surface area contributed by atoms with E-state index in [-0.39, 0.29) is 18.4 Å². The summed E-state index contributed by atoms with van der Waals surface area (Å²) in [7, 11) is 0. The molecule has 2 aromatic rings. The highest BCUT2D eigenvalue weighted by molar-refractivity contribution is 7.13. The second kappa shape index (κ2) is 8.06. The summed E-state index contributed by atoms with van der Waals surface area (Å²) >= 11 is 1.55. The maximum absolute atomic E-state index is 11.9. The van der Waals surface area contributed by atoms with E-state index in [4.69, 9.17) is 0 Å². The number of hydrogen-bond acceptors (Lipinski definition) is 4. The van der Waals surface area contributed by atoms with Gasteiger partial charge in [-0.2, -0.15) is 0 Å². The van der Waals surface area contributed by atoms with Gasteiger partial charge in [0.25, 0.3) is 0 Å². The molecule has 1 unspecified atom stereocenters. The van der Waals surface area contributed by atoms with Gasteiger partial charge in [0.15, 0.2) is 0 Å². The number of benzene rings is 1. The monoisotopic (exact) mass is 318 g/mol. The van der Waals surface area contributed by atoms with Crippen molar-refractivity contribution in [1.82, 2.24) is 10.3 Å². The first kappa shape index (κ1) is 16.6. The molecule has 0 saturated heterocycles. The van der Waals surface area contributed by atoms with Gasteiger partial charge < -0.3 is 10.4 Å². The fourth-order valence-electron chi connectivity index (χ4n) is 2.11. The predicted molar refractivity (Wildman–Crippen MR) is 89.9 cm³/mol. The van der Waals surface area contributed by atoms with Crippen LogP contribution in [0.5, 0.6) is 0 Å². The normalized spacial score (nSPS) is 12.1. The molecular formula is C17H22N2O2S. The van der Waals surface area contributed by atoms with Gasteiger partial charge in [-0.05, 0) is 25.8 Å². The number of aliphatic hydroxyl groups excluding tert-OH is 1. The Morgan fingerprint density at radius 1 is 1.45 bits per heavy atom. The fraction of sp³-hybridized carbons (Fsp3) is 0.412. The highest BCUT2D eigenvalue weighted by atomic mass is 32.1. The second-order valence-electron chi connectivity index (χ2n) is 5.39. The van der Waals surface area contributed by atoms with E-state index in [0.29, 0.717) is 19.4 Å². The number of aryl methyl sites for hydroxylation is 1. The number of nitrogens with one attached hydrogen (secondary N) is 1. The number of hydrogen-bond donors (Lipinski definition) is 2. The molecule has 0 spiro atoms. The van der Waals surface area contributed by atoms with Gasteiger partial charge in [-0.25, -0.2) is 4.98 Å². The van der Waals surface area contributed by atoms with E-state index in [1.807, 2.05) is 24.4 Å². The van der Waals surface area contributed by atoms with Gasteiger partial charge in [0.1, 0.15) is 5.01 Å². The molecule has 1 aromatic carbocycles. The molecule has 0 aliphatic rings. The predicted octanol–water partition coefficient (Wildman–Crippen LogP) is 2.94. The number of rotatable bonds is 7. The quantitative estimate of drug-likeness (QED) is 0.825. The lowest BCUT2D eigenvalue weighted by Crippen LogP contribution is -2.28. The number of amides is 1. The summed E-state index contributed by atoms with van der Waals surface area (Å²) in [6.45, 7) is 4.48. The Kier molecular flexibility index (Phi) is 6.10. The molecule has 1 heterocycles. The van der Waals surface area contributed by atoms with Gasteiger partial charge >= 0.3 is 0 Å². The molecule has 0 fully saturated rings. The summed E-state index contributed by atoms with van der Waals surface area (Å²) < 4.78 is 0. The lowest BCUT2D eigenvalue weighted by molar-refractivity contribution is -0.120. The SMILES string of the molecule is CCC(O)CCNC(=O)Cc1csc(-c2cccc(C)c2)n1. The molecule has 0 saturated carbocycles. The van der Waals surface area contributed by atoms with Crippen LogP contribution in [0.4, 0.5) is 0 Å². The smallest absolute Gasteiger partial charge is 0.226 e. The van der Waals surface area contributed by atoms with Gasteiger partial charge in [0.2, 0.25) is 5.91 Å². The molecule has 1 amide bonds. The van der Waals surface area contributed by atoms with Crippen molar-refractivity contribution in [2.45, 2.75) is 39.2 Å². The molecule has 0 radical (unpaired) electrons. The molecule has 5 heteroatoms. The first-order valence-corrected chi connectivity index (χ1v) is 8.42. The average Bonchev–Trinajstić information content (AvgIpc) is 2.95. The Bertz CT molecular complexity index is 625. The van der Waals surface area contributed by atoms with Crippen LogP contribution >= 0.6 is 11.3 Å². The van der Waals surface area contributed by atoms with Crippen LogP contribution in [0, 0.1) is 6.92 Å². The molecule has 0 aliphatic carbocycles. The third-order valence-corrected chi connectivity index (χ3v) is 4.37. The van der Waals surface area contributed by atoms with Crippen molar-refractivity contribution >= 4 is 17.2 Å². The van der Waals surface area contributed by atoms with Gasteiger partial charge in [-0.1, -0.05) is 30.7 Å². The van der Waals surface area contributed by atoms with Gasteiger partial charge in [-0.3, -0.25) is 4.79 Å². The van der Waals surface area contributed by atoms with Crippen LogP contribution < -0.4 is 5.32 Å². The van der Waals surface area contributed by atoms with E-state index in [2.05, 4.69) is 29.4 Å². The van der Waals surface area contributed by atoms with E-state index in [0.717, 1.165) is 16.3 Å². The molecule has 0 bridgehead atoms. The molecule has 2 rings (SSSR count). The van der Waals surface area contributed by atoms with Crippen molar-refractivity contribution < 1.29 is 9.90 Å². The lowest BCUT2D eigenvalue weighted by Gasteiger charge is -2.08. The van der Waals surface area contributed by atoms with E-state index < -0.39 is 0 Å². The second-order valence-corrected chi connectivity index (χ2v) is 6.25. The van der Waals surface area contributed by atoms with Crippen molar-refractivity contribution in [3.05, 3.63) is 40.9 Å². The highest BCUT2D eigenvalue weighted by Gasteiger charge is 2.09. The van der Waals surface area contributed by atoms with Crippen LogP contribution in [-0.4, -0.2) is 28.6 Å². The number of aliphatic hydroxyl groups is 1. The zero-order valence-electron chi connectivity index (χ0n) is 13.0. The zero-order chi connectivity index (χ0) is 15.9. The van der Waals surface area contributed by atoms with Crippen LogP contribution in [0.3, 0.4) is 0 Å². The third-order valence-electron chi connectivity index (χ3n) is 3.43. The average molecular weight is 318 g/mol. The topological polar surface area (TPSA) is 62.2 Å². The molecular weight excluding hydrogens is 296 g/mol. The van der Waals surface area contributed by atoms with Gasteiger partial charge in [0.05, 0.1) is 18.2 Å². The van der Waals surface area contributed by atoms with E-state index in [9.17, 15) is 9.90 Å². The summed E-state index contributed by atoms with van der Waals surface area (Å²) in [6, 6.07) is 8.18. The van der Waals surface area contributed by atoms with Crippen molar-refractivity contribution in [1.29, 1.82) is 0 Å². The Labute approximate surface area is 135 Å². The Morgan fingerprint density at radius 2 is 2.27 bits per heavy atom. The Balaban J connectivity index is 1.88. The zero-order valence-corrected chi connectivity index (χ0v) is 13.8. The fourth-order valence-corrected chi connectivity index (χ4v) is 2.92. The first-order valence-electron chi connectivity index (χ1n) is 7.54. The molecule has 118 valence electrons. The Morgan fingerprint density at radius 3 is 3.00 bits per heavy atom. The maximum Gasteiger partial charge on any atom is 0.226 e. The molecule has 1 aromatic heterocycles. The minimum Gasteiger partial charge on any atom is -0.393 e. The van der Waals surface area contributed by atoms with E-state index in [1.165, 1.54) is 5.56 Å². The molecule has 2 N–H and O–H groups in total. The number of carbonyl (C=O) groups is 1. The van der Waals surface area contributed by atoms with Crippen molar-refractivity contribution in [3.8, 4) is 10.6 Å². The van der Waals surface area contributed by atoms with Crippen LogP contribution in [0.1, 0.15) is 31.0 Å². The van der Waals surface area contributed by atoms with Gasteiger partial charge in [-0.15, -0.1) is 11.3 Å². The summed E-state index contributed by atoms with van der Waals surface area (Å²) in [5, 5.41) is 15.1. The number of aromatic nitrogens is 1. The van der Waals surface area contributed by atoms with Crippen molar-refractivity contribution in [2.24, 2.45) is 0 Å². The van der Waals surface area contributed by atoms with Crippen molar-refractivity contribution in [3.63, 3.8) is 0 Å². The lowest BCUT2D eigenvalue weighted by atomic mass is 10.1. The minimum absolute atomic E-state index is 0.0515. The largest absolute Gasteiger partial charge is 0.393 e. The number of thiazole rings is 1. The van der Waals surface area contributed by atoms with Crippen LogP contribution in [0.15, 0.2) is 29.6 Å². The number of carbonyl (C=O) groups excluding carboxylic acids is 1. The summed E-state index contributed by atoms with van der Waals surface area (Å²) in [6.07, 6.45) is 1.24. The third kappa shape index (κ3) is 4.93. The van der Waals surface area contributed by atoms with Crippen LogP contribution in [-0.2, 0) is 11.2 Å².